The number of nitrogens with two attached hydrogens (primary N) is 1. The first-order chi connectivity index (χ1) is 8.99. The van der Waals surface area contributed by atoms with Crippen molar-refractivity contribution in [3.8, 4) is 0 Å². The van der Waals surface area contributed by atoms with Gasteiger partial charge in [0.05, 0.1) is 9.83 Å². The number of hydrogen-bond acceptors (Lipinski definition) is 4. The average molecular weight is 346 g/mol. The lowest BCUT2D eigenvalue weighted by molar-refractivity contribution is 0.0985. The van der Waals surface area contributed by atoms with Gasteiger partial charge in [0.2, 0.25) is 0 Å². The van der Waals surface area contributed by atoms with Crippen LogP contribution in [0, 0.1) is 0 Å². The number of likely N-dealkylation sites (N-methyl/N-ethyl adjacent to an activating group) is 1. The molecule has 0 saturated carbocycles. The second-order valence-corrected chi connectivity index (χ2v) is 8.14. The van der Waals surface area contributed by atoms with Crippen LogP contribution in [0.4, 0.5) is 0 Å². The quantitative estimate of drug-likeness (QED) is 0.910. The van der Waals surface area contributed by atoms with Gasteiger partial charge in [-0.1, -0.05) is 0 Å². The Morgan fingerprint density at radius 1 is 1.42 bits per heavy atom. The number of likely N-dealkylation sites (tertiary alicyclic amines) is 1. The zero-order chi connectivity index (χ0) is 14.0. The first-order valence-corrected chi connectivity index (χ1v) is 8.51. The molecule has 1 aliphatic rings. The molecule has 0 aliphatic carbocycles. The minimum atomic E-state index is 0.148. The standard InChI is InChI=1S/C14H24BrN3S/c1-10(16)14(12-4-5-13(15)19-12)18(3)11-6-8-17(2)9-7-11/h4-5,10-11,14H,6-9,16H2,1-3H3. The van der Waals surface area contributed by atoms with E-state index in [0.29, 0.717) is 12.1 Å². The normalized spacial score (nSPS) is 21.8. The summed E-state index contributed by atoms with van der Waals surface area (Å²) < 4.78 is 1.19. The fourth-order valence-electron chi connectivity index (χ4n) is 2.95. The highest BCUT2D eigenvalue weighted by molar-refractivity contribution is 9.11. The van der Waals surface area contributed by atoms with E-state index in [2.05, 4.69) is 58.9 Å². The Labute approximate surface area is 128 Å². The summed E-state index contributed by atoms with van der Waals surface area (Å²) >= 11 is 5.36. The van der Waals surface area contributed by atoms with Gasteiger partial charge in [0, 0.05) is 17.0 Å². The van der Waals surface area contributed by atoms with Gasteiger partial charge in [-0.3, -0.25) is 4.90 Å². The first-order valence-electron chi connectivity index (χ1n) is 6.90. The molecule has 5 heteroatoms. The van der Waals surface area contributed by atoms with Crippen molar-refractivity contribution in [2.75, 3.05) is 27.2 Å². The number of halogens is 1. The van der Waals surface area contributed by atoms with Gasteiger partial charge in [-0.2, -0.15) is 0 Å². The van der Waals surface area contributed by atoms with Crippen LogP contribution in [0.5, 0.6) is 0 Å². The van der Waals surface area contributed by atoms with Crippen molar-refractivity contribution in [2.24, 2.45) is 5.73 Å². The van der Waals surface area contributed by atoms with Crippen molar-refractivity contribution in [3.05, 3.63) is 20.8 Å². The van der Waals surface area contributed by atoms with Crippen molar-refractivity contribution >= 4 is 27.3 Å². The highest BCUT2D eigenvalue weighted by Crippen LogP contribution is 2.34. The van der Waals surface area contributed by atoms with Crippen LogP contribution in [0.1, 0.15) is 30.7 Å². The van der Waals surface area contributed by atoms with Crippen molar-refractivity contribution in [1.29, 1.82) is 0 Å². The molecule has 1 saturated heterocycles. The molecule has 1 aromatic rings. The number of nitrogens with zero attached hydrogens (tertiary/aromatic N) is 2. The minimum Gasteiger partial charge on any atom is -0.326 e. The Kier molecular flexibility index (Phi) is 5.43. The molecule has 0 aromatic carbocycles. The molecule has 2 N–H and O–H groups in total. The van der Waals surface area contributed by atoms with Crippen LogP contribution in [-0.2, 0) is 0 Å². The lowest BCUT2D eigenvalue weighted by Gasteiger charge is -2.40. The van der Waals surface area contributed by atoms with E-state index in [4.69, 9.17) is 5.73 Å². The summed E-state index contributed by atoms with van der Waals surface area (Å²) in [5.74, 6) is 0. The van der Waals surface area contributed by atoms with E-state index < -0.39 is 0 Å². The van der Waals surface area contributed by atoms with Gasteiger partial charge in [-0.25, -0.2) is 0 Å². The van der Waals surface area contributed by atoms with Gasteiger partial charge >= 0.3 is 0 Å². The molecule has 1 aromatic heterocycles. The summed E-state index contributed by atoms with van der Waals surface area (Å²) in [7, 11) is 4.44. The van der Waals surface area contributed by atoms with E-state index in [1.54, 1.807) is 11.3 Å². The predicted molar refractivity (Wildman–Crippen MR) is 86.7 cm³/mol. The van der Waals surface area contributed by atoms with Crippen molar-refractivity contribution in [3.63, 3.8) is 0 Å². The predicted octanol–water partition coefficient (Wildman–Crippen LogP) is 2.92. The van der Waals surface area contributed by atoms with Gasteiger partial charge in [-0.15, -0.1) is 11.3 Å². The third-order valence-electron chi connectivity index (χ3n) is 4.09. The van der Waals surface area contributed by atoms with Crippen LogP contribution >= 0.6 is 27.3 Å². The Morgan fingerprint density at radius 3 is 2.53 bits per heavy atom. The Morgan fingerprint density at radius 2 is 2.05 bits per heavy atom. The molecule has 2 unspecified atom stereocenters. The van der Waals surface area contributed by atoms with Gasteiger partial charge in [0.15, 0.2) is 0 Å². The molecular formula is C14H24BrN3S. The molecular weight excluding hydrogens is 322 g/mol. The molecule has 3 nitrogen and oxygen atoms in total. The molecule has 2 heterocycles. The molecule has 19 heavy (non-hydrogen) atoms. The molecule has 0 spiro atoms. The van der Waals surface area contributed by atoms with Crippen LogP contribution in [0.15, 0.2) is 15.9 Å². The van der Waals surface area contributed by atoms with Crippen molar-refractivity contribution < 1.29 is 0 Å². The summed E-state index contributed by atoms with van der Waals surface area (Å²) in [6.45, 7) is 4.49. The van der Waals surface area contributed by atoms with Crippen LogP contribution in [-0.4, -0.2) is 49.1 Å². The van der Waals surface area contributed by atoms with E-state index in [1.165, 1.54) is 34.6 Å². The fraction of sp³-hybridized carbons (Fsp3) is 0.714. The highest BCUT2D eigenvalue weighted by Gasteiger charge is 2.29. The third-order valence-corrected chi connectivity index (χ3v) is 5.78. The second kappa shape index (κ2) is 6.68. The van der Waals surface area contributed by atoms with E-state index in [1.807, 2.05) is 0 Å². The number of thiophene rings is 1. The smallest absolute Gasteiger partial charge is 0.0702 e. The molecule has 1 fully saturated rings. The van der Waals surface area contributed by atoms with Gasteiger partial charge in [0.25, 0.3) is 0 Å². The van der Waals surface area contributed by atoms with Crippen LogP contribution in [0.2, 0.25) is 0 Å². The molecule has 0 bridgehead atoms. The maximum atomic E-state index is 6.25. The van der Waals surface area contributed by atoms with Crippen LogP contribution in [0.25, 0.3) is 0 Å². The fourth-order valence-corrected chi connectivity index (χ4v) is 4.64. The third kappa shape index (κ3) is 3.79. The Bertz CT molecular complexity index is 399. The van der Waals surface area contributed by atoms with Gasteiger partial charge in [-0.05, 0) is 75.0 Å². The van der Waals surface area contributed by atoms with E-state index in [9.17, 15) is 0 Å². The molecule has 2 rings (SSSR count). The molecule has 0 radical (unpaired) electrons. The lowest BCUT2D eigenvalue weighted by Crippen LogP contribution is -2.47. The zero-order valence-electron chi connectivity index (χ0n) is 12.0. The molecule has 108 valence electrons. The van der Waals surface area contributed by atoms with Gasteiger partial charge in [0.1, 0.15) is 0 Å². The lowest BCUT2D eigenvalue weighted by atomic mass is 9.99. The van der Waals surface area contributed by atoms with Crippen LogP contribution in [0.3, 0.4) is 0 Å². The van der Waals surface area contributed by atoms with Crippen molar-refractivity contribution in [1.82, 2.24) is 9.80 Å². The van der Waals surface area contributed by atoms with E-state index in [-0.39, 0.29) is 6.04 Å². The first kappa shape index (κ1) is 15.4. The monoisotopic (exact) mass is 345 g/mol. The van der Waals surface area contributed by atoms with E-state index >= 15 is 0 Å². The van der Waals surface area contributed by atoms with Crippen LogP contribution < -0.4 is 5.73 Å². The summed E-state index contributed by atoms with van der Waals surface area (Å²) in [6.07, 6.45) is 2.48. The van der Waals surface area contributed by atoms with Gasteiger partial charge < -0.3 is 10.6 Å². The second-order valence-electron chi connectivity index (χ2n) is 5.65. The SMILES string of the molecule is CC(N)C(c1ccc(Br)s1)N(C)C1CCN(C)CC1. The number of hydrogen-bond donors (Lipinski definition) is 1. The largest absolute Gasteiger partial charge is 0.326 e. The number of piperidine rings is 1. The summed E-state index contributed by atoms with van der Waals surface area (Å²) in [4.78, 5) is 6.27. The minimum absolute atomic E-state index is 0.148. The molecule has 0 amide bonds. The van der Waals surface area contributed by atoms with E-state index in [0.717, 1.165) is 0 Å². The molecule has 1 aliphatic heterocycles. The Hall–Kier alpha value is 0.0600. The summed E-state index contributed by atoms with van der Waals surface area (Å²) in [5.41, 5.74) is 6.25. The topological polar surface area (TPSA) is 32.5 Å². The highest BCUT2D eigenvalue weighted by atomic mass is 79.9. The Balaban J connectivity index is 2.10. The maximum absolute atomic E-state index is 6.25. The average Bonchev–Trinajstić information content (AvgIpc) is 2.76. The number of rotatable bonds is 4. The summed E-state index contributed by atoms with van der Waals surface area (Å²) in [6, 6.07) is 5.44. The molecule has 2 atom stereocenters. The maximum Gasteiger partial charge on any atom is 0.0702 e. The van der Waals surface area contributed by atoms with Crippen molar-refractivity contribution in [2.45, 2.75) is 37.9 Å². The zero-order valence-corrected chi connectivity index (χ0v) is 14.4. The summed E-state index contributed by atoms with van der Waals surface area (Å²) in [5, 5.41) is 0.